The average Bonchev–Trinajstić information content (AvgIpc) is 2.65. The molecule has 0 saturated heterocycles. The lowest BCUT2D eigenvalue weighted by Crippen LogP contribution is -2.69. The first-order valence-electron chi connectivity index (χ1n) is 10.4. The Hall–Kier alpha value is -1.47. The van der Waals surface area contributed by atoms with Crippen LogP contribution in [0.15, 0.2) is 17.0 Å². The fourth-order valence-corrected chi connectivity index (χ4v) is 6.73. The number of nitrogens with zero attached hydrogens (tertiary/aromatic N) is 3. The van der Waals surface area contributed by atoms with Crippen LogP contribution in [-0.2, 0) is 10.0 Å². The summed E-state index contributed by atoms with van der Waals surface area (Å²) in [5, 5.41) is 0. The standard InChI is InChI=1S/C21H33N3O3S/c1-6-7-8-16-14-24(21-11-15(12-21)13-21)18-9-17(22(2)3)19(27-5)10-20(18)28(25,26)23(16)4/h9-10,15-16H,6-8,11-14H2,1-5H3/t15?,16-,21?/m1/s1. The molecule has 3 saturated carbocycles. The molecule has 5 rings (SSSR count). The number of benzene rings is 1. The second-order valence-corrected chi connectivity index (χ2v) is 11.0. The zero-order valence-electron chi connectivity index (χ0n) is 17.7. The van der Waals surface area contributed by atoms with Gasteiger partial charge in [-0.05, 0) is 37.7 Å². The lowest BCUT2D eigenvalue weighted by molar-refractivity contribution is -0.0270. The number of unbranched alkanes of at least 4 members (excludes halogenated alkanes) is 1. The number of fused-ring (bicyclic) bond motifs is 1. The van der Waals surface area contributed by atoms with Gasteiger partial charge in [0.15, 0.2) is 0 Å². The molecular formula is C21H33N3O3S. The minimum Gasteiger partial charge on any atom is -0.495 e. The summed E-state index contributed by atoms with van der Waals surface area (Å²) in [6.07, 6.45) is 6.59. The van der Waals surface area contributed by atoms with Crippen molar-refractivity contribution < 1.29 is 13.2 Å². The van der Waals surface area contributed by atoms with E-state index < -0.39 is 10.0 Å². The normalized spacial score (nSPS) is 30.7. The molecule has 6 nitrogen and oxygen atoms in total. The summed E-state index contributed by atoms with van der Waals surface area (Å²) in [4.78, 5) is 4.83. The number of hydrogen-bond acceptors (Lipinski definition) is 5. The van der Waals surface area contributed by atoms with Crippen LogP contribution in [0.1, 0.15) is 45.4 Å². The molecule has 0 radical (unpaired) electrons. The first-order valence-corrected chi connectivity index (χ1v) is 11.8. The first kappa shape index (κ1) is 19.8. The molecule has 0 N–H and O–H groups in total. The van der Waals surface area contributed by atoms with Crippen molar-refractivity contribution in [3.63, 3.8) is 0 Å². The van der Waals surface area contributed by atoms with Crippen LogP contribution in [0, 0.1) is 5.92 Å². The summed E-state index contributed by atoms with van der Waals surface area (Å²) >= 11 is 0. The van der Waals surface area contributed by atoms with Crippen LogP contribution in [0.2, 0.25) is 0 Å². The van der Waals surface area contributed by atoms with E-state index in [1.807, 2.05) is 25.1 Å². The van der Waals surface area contributed by atoms with Gasteiger partial charge in [-0.15, -0.1) is 0 Å². The maximum atomic E-state index is 13.6. The quantitative estimate of drug-likeness (QED) is 0.724. The molecule has 0 spiro atoms. The van der Waals surface area contributed by atoms with Crippen molar-refractivity contribution in [1.29, 1.82) is 0 Å². The van der Waals surface area contributed by atoms with E-state index in [0.29, 0.717) is 10.6 Å². The predicted molar refractivity (Wildman–Crippen MR) is 113 cm³/mol. The van der Waals surface area contributed by atoms with Gasteiger partial charge in [-0.1, -0.05) is 19.8 Å². The smallest absolute Gasteiger partial charge is 0.245 e. The van der Waals surface area contributed by atoms with Crippen LogP contribution in [0.25, 0.3) is 0 Å². The molecule has 156 valence electrons. The third-order valence-electron chi connectivity index (χ3n) is 7.07. The monoisotopic (exact) mass is 407 g/mol. The maximum absolute atomic E-state index is 13.6. The Labute approximate surface area is 169 Å². The zero-order chi connectivity index (χ0) is 20.3. The highest BCUT2D eigenvalue weighted by molar-refractivity contribution is 7.89. The molecule has 4 aliphatic rings. The Morgan fingerprint density at radius 3 is 2.43 bits per heavy atom. The van der Waals surface area contributed by atoms with Gasteiger partial charge in [0.25, 0.3) is 0 Å². The molecule has 1 heterocycles. The average molecular weight is 408 g/mol. The Kier molecular flexibility index (Phi) is 4.82. The topological polar surface area (TPSA) is 53.1 Å². The first-order chi connectivity index (χ1) is 13.2. The SMILES string of the molecule is CCCC[C@@H]1CN(C23CC(C2)C3)c2cc(N(C)C)c(OC)cc2S(=O)(=O)N1C. The van der Waals surface area contributed by atoms with Gasteiger partial charge in [-0.3, -0.25) is 0 Å². The second-order valence-electron chi connectivity index (χ2n) is 9.02. The number of sulfonamides is 1. The van der Waals surface area contributed by atoms with Crippen LogP contribution >= 0.6 is 0 Å². The van der Waals surface area contributed by atoms with E-state index in [9.17, 15) is 8.42 Å². The van der Waals surface area contributed by atoms with Crippen molar-refractivity contribution in [3.8, 4) is 5.75 Å². The fraction of sp³-hybridized carbons (Fsp3) is 0.714. The lowest BCUT2D eigenvalue weighted by Gasteiger charge is -2.67. The molecule has 28 heavy (non-hydrogen) atoms. The molecule has 3 fully saturated rings. The number of methoxy groups -OCH3 is 1. The van der Waals surface area contributed by atoms with E-state index >= 15 is 0 Å². The molecule has 1 atom stereocenters. The zero-order valence-corrected chi connectivity index (χ0v) is 18.6. The summed E-state index contributed by atoms with van der Waals surface area (Å²) in [5.74, 6) is 1.44. The molecule has 1 aliphatic heterocycles. The Morgan fingerprint density at radius 2 is 1.93 bits per heavy atom. The summed E-state index contributed by atoms with van der Waals surface area (Å²) in [5.41, 5.74) is 1.93. The highest BCUT2D eigenvalue weighted by atomic mass is 32.2. The molecule has 1 aromatic carbocycles. The van der Waals surface area contributed by atoms with Crippen molar-refractivity contribution in [3.05, 3.63) is 12.1 Å². The molecule has 1 aromatic rings. The van der Waals surface area contributed by atoms with Crippen LogP contribution in [0.5, 0.6) is 5.75 Å². The number of likely N-dealkylation sites (N-methyl/N-ethyl adjacent to an activating group) is 1. The molecule has 3 aliphatic carbocycles. The summed E-state index contributed by atoms with van der Waals surface area (Å²) < 4.78 is 34.3. The lowest BCUT2D eigenvalue weighted by atomic mass is 9.49. The van der Waals surface area contributed by atoms with Crippen LogP contribution in [-0.4, -0.2) is 59.1 Å². The molecule has 0 amide bonds. The minimum atomic E-state index is -3.58. The van der Waals surface area contributed by atoms with E-state index in [2.05, 4.69) is 11.8 Å². The number of ether oxygens (including phenoxy) is 1. The van der Waals surface area contributed by atoms with Crippen molar-refractivity contribution in [1.82, 2.24) is 4.31 Å². The highest BCUT2D eigenvalue weighted by Crippen LogP contribution is 2.62. The molecule has 2 bridgehead atoms. The highest BCUT2D eigenvalue weighted by Gasteiger charge is 2.61. The third-order valence-corrected chi connectivity index (χ3v) is 9.01. The third kappa shape index (κ3) is 2.81. The molecule has 0 aromatic heterocycles. The van der Waals surface area contributed by atoms with Crippen LogP contribution in [0.4, 0.5) is 11.4 Å². The van der Waals surface area contributed by atoms with E-state index in [1.54, 1.807) is 24.5 Å². The van der Waals surface area contributed by atoms with Crippen LogP contribution in [0.3, 0.4) is 0 Å². The van der Waals surface area contributed by atoms with Gasteiger partial charge in [0.2, 0.25) is 10.0 Å². The van der Waals surface area contributed by atoms with Crippen molar-refractivity contribution in [2.24, 2.45) is 5.92 Å². The van der Waals surface area contributed by atoms with Gasteiger partial charge >= 0.3 is 0 Å². The molecular weight excluding hydrogens is 374 g/mol. The molecule has 7 heteroatoms. The summed E-state index contributed by atoms with van der Waals surface area (Å²) in [7, 11) is 3.71. The van der Waals surface area contributed by atoms with Gasteiger partial charge in [-0.25, -0.2) is 8.42 Å². The second kappa shape index (κ2) is 6.80. The van der Waals surface area contributed by atoms with Crippen LogP contribution < -0.4 is 14.5 Å². The number of anilines is 2. The Bertz CT molecular complexity index is 851. The fourth-order valence-electron chi connectivity index (χ4n) is 5.17. The van der Waals surface area contributed by atoms with E-state index in [4.69, 9.17) is 4.74 Å². The molecule has 0 unspecified atom stereocenters. The Morgan fingerprint density at radius 1 is 1.25 bits per heavy atom. The van der Waals surface area contributed by atoms with Crippen molar-refractivity contribution >= 4 is 21.4 Å². The minimum absolute atomic E-state index is 0.000163. The van der Waals surface area contributed by atoms with Crippen molar-refractivity contribution in [2.45, 2.75) is 61.9 Å². The van der Waals surface area contributed by atoms with Gasteiger partial charge < -0.3 is 14.5 Å². The van der Waals surface area contributed by atoms with E-state index in [-0.39, 0.29) is 11.6 Å². The van der Waals surface area contributed by atoms with Gasteiger partial charge in [0.05, 0.1) is 18.5 Å². The van der Waals surface area contributed by atoms with Gasteiger partial charge in [0, 0.05) is 45.3 Å². The predicted octanol–water partition coefficient (Wildman–Crippen LogP) is 3.31. The van der Waals surface area contributed by atoms with E-state index in [1.165, 1.54) is 19.3 Å². The maximum Gasteiger partial charge on any atom is 0.245 e. The van der Waals surface area contributed by atoms with Gasteiger partial charge in [-0.2, -0.15) is 4.31 Å². The number of hydrogen-bond donors (Lipinski definition) is 0. The summed E-state index contributed by atoms with van der Waals surface area (Å²) in [6.45, 7) is 2.93. The Balaban J connectivity index is 1.88. The number of rotatable bonds is 6. The summed E-state index contributed by atoms with van der Waals surface area (Å²) in [6, 6.07) is 3.76. The van der Waals surface area contributed by atoms with Crippen molar-refractivity contribution in [2.75, 3.05) is 44.6 Å². The largest absolute Gasteiger partial charge is 0.495 e. The van der Waals surface area contributed by atoms with Gasteiger partial charge in [0.1, 0.15) is 10.6 Å². The van der Waals surface area contributed by atoms with E-state index in [0.717, 1.165) is 43.1 Å².